The molecule has 0 saturated heterocycles. The van der Waals surface area contributed by atoms with Crippen molar-refractivity contribution in [3.63, 3.8) is 0 Å². The number of nitrogens with two attached hydrogens (primary N) is 1. The van der Waals surface area contributed by atoms with Crippen molar-refractivity contribution in [2.75, 3.05) is 5.32 Å². The van der Waals surface area contributed by atoms with Gasteiger partial charge in [0.15, 0.2) is 5.82 Å². The van der Waals surface area contributed by atoms with Crippen LogP contribution in [0.2, 0.25) is 0 Å². The van der Waals surface area contributed by atoms with Crippen molar-refractivity contribution in [2.45, 2.75) is 46.1 Å². The monoisotopic (exact) mass is 238 g/mol. The van der Waals surface area contributed by atoms with Gasteiger partial charge >= 0.3 is 0 Å². The molecule has 1 amide bonds. The van der Waals surface area contributed by atoms with E-state index in [1.54, 1.807) is 0 Å². The molecule has 1 heterocycles. The van der Waals surface area contributed by atoms with Gasteiger partial charge in [-0.05, 0) is 11.8 Å². The maximum atomic E-state index is 11.7. The fourth-order valence-electron chi connectivity index (χ4n) is 1.34. The second-order valence-corrected chi connectivity index (χ2v) is 5.02. The van der Waals surface area contributed by atoms with Crippen molar-refractivity contribution in [1.82, 2.24) is 10.2 Å². The number of hydrogen-bond donors (Lipinski definition) is 3. The third kappa shape index (κ3) is 4.19. The second kappa shape index (κ2) is 5.82. The van der Waals surface area contributed by atoms with E-state index in [0.717, 1.165) is 5.69 Å². The lowest BCUT2D eigenvalue weighted by Gasteiger charge is -2.14. The molecule has 96 valence electrons. The predicted octanol–water partition coefficient (Wildman–Crippen LogP) is 1.84. The summed E-state index contributed by atoms with van der Waals surface area (Å²) in [5, 5.41) is 9.66. The Morgan fingerprint density at radius 1 is 1.47 bits per heavy atom. The fourth-order valence-corrected chi connectivity index (χ4v) is 1.34. The number of nitrogens with zero attached hydrogens (tertiary/aromatic N) is 1. The second-order valence-electron chi connectivity index (χ2n) is 5.02. The van der Waals surface area contributed by atoms with Gasteiger partial charge in [-0.3, -0.25) is 9.89 Å². The number of aromatic nitrogens is 2. The van der Waals surface area contributed by atoms with Crippen molar-refractivity contribution in [2.24, 2.45) is 11.7 Å². The Bertz CT molecular complexity index is 370. The van der Waals surface area contributed by atoms with Gasteiger partial charge in [-0.1, -0.05) is 27.7 Å². The van der Waals surface area contributed by atoms with Gasteiger partial charge < -0.3 is 11.1 Å². The van der Waals surface area contributed by atoms with Crippen molar-refractivity contribution in [3.05, 3.63) is 11.8 Å². The molecule has 17 heavy (non-hydrogen) atoms. The Labute approximate surface area is 102 Å². The lowest BCUT2D eigenvalue weighted by molar-refractivity contribution is -0.116. The van der Waals surface area contributed by atoms with E-state index in [1.165, 1.54) is 0 Å². The number of carbonyl (C=O) groups excluding carboxylic acids is 1. The van der Waals surface area contributed by atoms with Crippen molar-refractivity contribution in [1.29, 1.82) is 0 Å². The third-order valence-electron chi connectivity index (χ3n) is 2.76. The van der Waals surface area contributed by atoms with Crippen LogP contribution in [-0.4, -0.2) is 22.1 Å². The van der Waals surface area contributed by atoms with Crippen LogP contribution in [0.3, 0.4) is 0 Å². The van der Waals surface area contributed by atoms with Gasteiger partial charge in [0.2, 0.25) is 5.91 Å². The van der Waals surface area contributed by atoms with Crippen LogP contribution in [0.25, 0.3) is 0 Å². The molecule has 5 heteroatoms. The molecule has 0 saturated carbocycles. The smallest absolute Gasteiger partial charge is 0.227 e. The summed E-state index contributed by atoms with van der Waals surface area (Å²) < 4.78 is 0. The molecule has 0 radical (unpaired) electrons. The molecule has 0 aliphatic rings. The minimum Gasteiger partial charge on any atom is -0.327 e. The lowest BCUT2D eigenvalue weighted by atomic mass is 10.0. The molecule has 1 aromatic rings. The topological polar surface area (TPSA) is 83.8 Å². The van der Waals surface area contributed by atoms with Crippen molar-refractivity contribution >= 4 is 11.7 Å². The summed E-state index contributed by atoms with van der Waals surface area (Å²) in [5.41, 5.74) is 6.84. The number of carbonyl (C=O) groups is 1. The molecule has 5 nitrogen and oxygen atoms in total. The summed E-state index contributed by atoms with van der Waals surface area (Å²) in [4.78, 5) is 11.7. The summed E-state index contributed by atoms with van der Waals surface area (Å²) in [5.74, 6) is 1.14. The molecule has 0 aliphatic heterocycles. The molecule has 0 spiro atoms. The third-order valence-corrected chi connectivity index (χ3v) is 2.76. The van der Waals surface area contributed by atoms with Crippen LogP contribution in [-0.2, 0) is 4.79 Å². The van der Waals surface area contributed by atoms with E-state index < -0.39 is 0 Å². The summed E-state index contributed by atoms with van der Waals surface area (Å²) in [7, 11) is 0. The van der Waals surface area contributed by atoms with Gasteiger partial charge in [0.05, 0.1) is 0 Å². The first kappa shape index (κ1) is 13.7. The SMILES string of the molecule is CC(C)c1cc(NC(=O)CC(N)C(C)C)n[nH]1. The van der Waals surface area contributed by atoms with E-state index in [1.807, 2.05) is 19.9 Å². The molecular formula is C12H22N4O. The van der Waals surface area contributed by atoms with Gasteiger partial charge in [-0.2, -0.15) is 5.10 Å². The average Bonchev–Trinajstić information content (AvgIpc) is 2.65. The van der Waals surface area contributed by atoms with Crippen LogP contribution in [0.15, 0.2) is 6.07 Å². The zero-order chi connectivity index (χ0) is 13.0. The van der Waals surface area contributed by atoms with E-state index >= 15 is 0 Å². The number of rotatable bonds is 5. The first-order chi connectivity index (χ1) is 7.90. The van der Waals surface area contributed by atoms with E-state index in [4.69, 9.17) is 5.73 Å². The van der Waals surface area contributed by atoms with Gasteiger partial charge in [0.25, 0.3) is 0 Å². The van der Waals surface area contributed by atoms with Gasteiger partial charge in [0.1, 0.15) is 0 Å². The molecule has 1 rings (SSSR count). The number of hydrogen-bond acceptors (Lipinski definition) is 3. The molecule has 4 N–H and O–H groups in total. The number of anilines is 1. The van der Waals surface area contributed by atoms with Gasteiger partial charge in [-0.15, -0.1) is 0 Å². The van der Waals surface area contributed by atoms with E-state index in [-0.39, 0.29) is 11.9 Å². The molecule has 0 fully saturated rings. The summed E-state index contributed by atoms with van der Waals surface area (Å²) in [6.07, 6.45) is 0.321. The average molecular weight is 238 g/mol. The highest BCUT2D eigenvalue weighted by Crippen LogP contribution is 2.15. The standard InChI is InChI=1S/C12H22N4O/c1-7(2)9(13)5-12(17)14-11-6-10(8(3)4)15-16-11/h6-9H,5,13H2,1-4H3,(H2,14,15,16,17). The van der Waals surface area contributed by atoms with Crippen LogP contribution >= 0.6 is 0 Å². The minimum atomic E-state index is -0.112. The number of aromatic amines is 1. The molecule has 0 bridgehead atoms. The molecule has 0 aliphatic carbocycles. The number of H-pyrrole nitrogens is 1. The highest BCUT2D eigenvalue weighted by Gasteiger charge is 2.14. The first-order valence-electron chi connectivity index (χ1n) is 6.01. The van der Waals surface area contributed by atoms with Crippen molar-refractivity contribution < 1.29 is 4.79 Å². The van der Waals surface area contributed by atoms with E-state index in [2.05, 4.69) is 29.4 Å². The predicted molar refractivity (Wildman–Crippen MR) is 68.7 cm³/mol. The van der Waals surface area contributed by atoms with Crippen LogP contribution < -0.4 is 11.1 Å². The van der Waals surface area contributed by atoms with Gasteiger partial charge in [-0.25, -0.2) is 0 Å². The highest BCUT2D eigenvalue weighted by molar-refractivity contribution is 5.90. The Morgan fingerprint density at radius 2 is 2.12 bits per heavy atom. The minimum absolute atomic E-state index is 0.0898. The molecule has 1 unspecified atom stereocenters. The van der Waals surface area contributed by atoms with Crippen molar-refractivity contribution in [3.8, 4) is 0 Å². The Hall–Kier alpha value is -1.36. The van der Waals surface area contributed by atoms with E-state index in [9.17, 15) is 4.79 Å². The van der Waals surface area contributed by atoms with Crippen LogP contribution in [0.1, 0.15) is 45.7 Å². The molecule has 1 atom stereocenters. The molecule has 0 aromatic carbocycles. The maximum absolute atomic E-state index is 11.7. The largest absolute Gasteiger partial charge is 0.327 e. The summed E-state index contributed by atoms with van der Waals surface area (Å²) in [6.45, 7) is 8.13. The lowest BCUT2D eigenvalue weighted by Crippen LogP contribution is -2.31. The normalized spacial score (nSPS) is 13.1. The first-order valence-corrected chi connectivity index (χ1v) is 6.01. The zero-order valence-corrected chi connectivity index (χ0v) is 10.9. The van der Waals surface area contributed by atoms with Gasteiger partial charge in [0, 0.05) is 24.2 Å². The number of nitrogens with one attached hydrogen (secondary N) is 2. The summed E-state index contributed by atoms with van der Waals surface area (Å²) >= 11 is 0. The van der Waals surface area contributed by atoms with Crippen LogP contribution in [0.5, 0.6) is 0 Å². The zero-order valence-electron chi connectivity index (χ0n) is 10.9. The maximum Gasteiger partial charge on any atom is 0.227 e. The quantitative estimate of drug-likeness (QED) is 0.732. The Balaban J connectivity index is 2.50. The molecule has 1 aromatic heterocycles. The van der Waals surface area contributed by atoms with Crippen LogP contribution in [0.4, 0.5) is 5.82 Å². The fraction of sp³-hybridized carbons (Fsp3) is 0.667. The van der Waals surface area contributed by atoms with Crippen LogP contribution in [0, 0.1) is 5.92 Å². The Morgan fingerprint density at radius 3 is 2.59 bits per heavy atom. The number of amides is 1. The summed E-state index contributed by atoms with van der Waals surface area (Å²) in [6, 6.07) is 1.74. The highest BCUT2D eigenvalue weighted by atomic mass is 16.1. The Kier molecular flexibility index (Phi) is 4.69. The molecular weight excluding hydrogens is 216 g/mol. The van der Waals surface area contributed by atoms with E-state index in [0.29, 0.717) is 24.1 Å².